The van der Waals surface area contributed by atoms with Crippen molar-refractivity contribution in [1.82, 2.24) is 14.9 Å². The number of hydrogen-bond donors (Lipinski definition) is 1. The second-order valence-corrected chi connectivity index (χ2v) is 4.05. The predicted molar refractivity (Wildman–Crippen MR) is 57.1 cm³/mol. The molecule has 1 heterocycles. The largest absolute Gasteiger partial charge is 0.330 e. The van der Waals surface area contributed by atoms with E-state index in [1.807, 2.05) is 12.5 Å². The standard InChI is InChI=1S/C11H19N3/c1-2-6-12-7-11-8-13-9-14(11)10-4-3-5-10/h8-10,12H,2-7H2,1H3. The summed E-state index contributed by atoms with van der Waals surface area (Å²) in [5.41, 5.74) is 1.34. The van der Waals surface area contributed by atoms with Gasteiger partial charge in [-0.3, -0.25) is 0 Å². The SMILES string of the molecule is CCCNCc1cncn1C1CCC1. The van der Waals surface area contributed by atoms with Crippen molar-refractivity contribution in [3.05, 3.63) is 18.2 Å². The van der Waals surface area contributed by atoms with E-state index >= 15 is 0 Å². The average Bonchev–Trinajstić information content (AvgIpc) is 2.51. The maximum absolute atomic E-state index is 4.23. The molecule has 0 unspecified atom stereocenters. The van der Waals surface area contributed by atoms with Gasteiger partial charge in [-0.25, -0.2) is 4.98 Å². The van der Waals surface area contributed by atoms with Crippen molar-refractivity contribution in [2.75, 3.05) is 6.54 Å². The fourth-order valence-corrected chi connectivity index (χ4v) is 1.86. The van der Waals surface area contributed by atoms with Crippen LogP contribution in [-0.4, -0.2) is 16.1 Å². The zero-order chi connectivity index (χ0) is 9.80. The molecule has 0 saturated heterocycles. The Balaban J connectivity index is 1.91. The molecule has 0 bridgehead atoms. The molecule has 1 aromatic rings. The summed E-state index contributed by atoms with van der Waals surface area (Å²) in [6.45, 7) is 4.25. The van der Waals surface area contributed by atoms with Gasteiger partial charge < -0.3 is 9.88 Å². The van der Waals surface area contributed by atoms with Crippen LogP contribution in [0, 0.1) is 0 Å². The van der Waals surface area contributed by atoms with Crippen LogP contribution >= 0.6 is 0 Å². The third-order valence-corrected chi connectivity index (χ3v) is 2.95. The molecule has 1 saturated carbocycles. The summed E-state index contributed by atoms with van der Waals surface area (Å²) in [6, 6.07) is 0.732. The van der Waals surface area contributed by atoms with E-state index in [4.69, 9.17) is 0 Å². The molecule has 0 spiro atoms. The number of hydrogen-bond acceptors (Lipinski definition) is 2. The average molecular weight is 193 g/mol. The Labute approximate surface area is 85.5 Å². The Morgan fingerprint density at radius 1 is 1.57 bits per heavy atom. The summed E-state index contributed by atoms with van der Waals surface area (Å²) < 4.78 is 2.34. The molecule has 1 aromatic heterocycles. The van der Waals surface area contributed by atoms with Crippen molar-refractivity contribution in [3.63, 3.8) is 0 Å². The molecule has 0 radical (unpaired) electrons. The zero-order valence-electron chi connectivity index (χ0n) is 8.87. The number of nitrogens with one attached hydrogen (secondary N) is 1. The summed E-state index contributed by atoms with van der Waals surface area (Å²) in [4.78, 5) is 4.23. The Hall–Kier alpha value is -0.830. The summed E-state index contributed by atoms with van der Waals surface area (Å²) >= 11 is 0. The van der Waals surface area contributed by atoms with Gasteiger partial charge in [0.05, 0.1) is 12.0 Å². The Morgan fingerprint density at radius 2 is 2.43 bits per heavy atom. The first-order chi connectivity index (χ1) is 6.92. The van der Waals surface area contributed by atoms with Crippen LogP contribution in [0.15, 0.2) is 12.5 Å². The van der Waals surface area contributed by atoms with E-state index in [-0.39, 0.29) is 0 Å². The molecule has 1 aliphatic rings. The quantitative estimate of drug-likeness (QED) is 0.726. The first-order valence-electron chi connectivity index (χ1n) is 5.63. The summed E-state index contributed by atoms with van der Waals surface area (Å²) in [5.74, 6) is 0. The lowest BCUT2D eigenvalue weighted by atomic mass is 9.93. The van der Waals surface area contributed by atoms with Crippen molar-refractivity contribution in [2.45, 2.75) is 45.2 Å². The molecule has 78 valence electrons. The van der Waals surface area contributed by atoms with Gasteiger partial charge in [-0.05, 0) is 32.2 Å². The van der Waals surface area contributed by atoms with Crippen LogP contribution in [0.3, 0.4) is 0 Å². The zero-order valence-corrected chi connectivity index (χ0v) is 8.87. The fraction of sp³-hybridized carbons (Fsp3) is 0.727. The van der Waals surface area contributed by atoms with Crippen molar-refractivity contribution in [2.24, 2.45) is 0 Å². The second-order valence-electron chi connectivity index (χ2n) is 4.05. The van der Waals surface area contributed by atoms with Gasteiger partial charge in [0.25, 0.3) is 0 Å². The highest BCUT2D eigenvalue weighted by Gasteiger charge is 2.20. The molecular weight excluding hydrogens is 174 g/mol. The minimum Gasteiger partial charge on any atom is -0.330 e. The van der Waals surface area contributed by atoms with E-state index in [0.29, 0.717) is 0 Å². The van der Waals surface area contributed by atoms with E-state index in [0.717, 1.165) is 19.1 Å². The number of rotatable bonds is 5. The molecule has 0 aliphatic heterocycles. The lowest BCUT2D eigenvalue weighted by molar-refractivity contribution is 0.305. The van der Waals surface area contributed by atoms with Crippen molar-refractivity contribution >= 4 is 0 Å². The Kier molecular flexibility index (Phi) is 3.19. The number of aromatic nitrogens is 2. The molecule has 0 amide bonds. The molecule has 14 heavy (non-hydrogen) atoms. The minimum atomic E-state index is 0.732. The molecule has 3 nitrogen and oxygen atoms in total. The molecular formula is C11H19N3. The highest BCUT2D eigenvalue weighted by Crippen LogP contribution is 2.32. The maximum atomic E-state index is 4.23. The third-order valence-electron chi connectivity index (χ3n) is 2.95. The van der Waals surface area contributed by atoms with Gasteiger partial charge in [0, 0.05) is 18.8 Å². The van der Waals surface area contributed by atoms with E-state index in [1.165, 1.54) is 31.4 Å². The normalized spacial score (nSPS) is 16.9. The topological polar surface area (TPSA) is 29.9 Å². The molecule has 1 aliphatic carbocycles. The monoisotopic (exact) mass is 193 g/mol. The van der Waals surface area contributed by atoms with Crippen molar-refractivity contribution < 1.29 is 0 Å². The van der Waals surface area contributed by atoms with Crippen LogP contribution in [0.2, 0.25) is 0 Å². The highest BCUT2D eigenvalue weighted by molar-refractivity contribution is 5.01. The Bertz CT molecular complexity index is 276. The van der Waals surface area contributed by atoms with Crippen LogP contribution in [-0.2, 0) is 6.54 Å². The minimum absolute atomic E-state index is 0.732. The van der Waals surface area contributed by atoms with Gasteiger partial charge in [-0.1, -0.05) is 6.92 Å². The Morgan fingerprint density at radius 3 is 3.07 bits per heavy atom. The summed E-state index contributed by atoms with van der Waals surface area (Å²) in [6.07, 6.45) is 9.20. The second kappa shape index (κ2) is 4.60. The van der Waals surface area contributed by atoms with Gasteiger partial charge in [0.2, 0.25) is 0 Å². The van der Waals surface area contributed by atoms with Crippen LogP contribution in [0.4, 0.5) is 0 Å². The first kappa shape index (κ1) is 9.71. The van der Waals surface area contributed by atoms with E-state index in [2.05, 4.69) is 21.8 Å². The lowest BCUT2D eigenvalue weighted by Crippen LogP contribution is -2.22. The first-order valence-corrected chi connectivity index (χ1v) is 5.63. The van der Waals surface area contributed by atoms with Gasteiger partial charge in [-0.15, -0.1) is 0 Å². The third kappa shape index (κ3) is 1.98. The summed E-state index contributed by atoms with van der Waals surface area (Å²) in [5, 5.41) is 3.42. The smallest absolute Gasteiger partial charge is 0.0951 e. The molecule has 1 fully saturated rings. The fourth-order valence-electron chi connectivity index (χ4n) is 1.86. The lowest BCUT2D eigenvalue weighted by Gasteiger charge is -2.28. The molecule has 0 aromatic carbocycles. The van der Waals surface area contributed by atoms with Crippen LogP contribution in [0.5, 0.6) is 0 Å². The van der Waals surface area contributed by atoms with E-state index < -0.39 is 0 Å². The molecule has 2 rings (SSSR count). The van der Waals surface area contributed by atoms with E-state index in [9.17, 15) is 0 Å². The highest BCUT2D eigenvalue weighted by atomic mass is 15.1. The van der Waals surface area contributed by atoms with Crippen LogP contribution in [0.25, 0.3) is 0 Å². The number of imidazole rings is 1. The number of nitrogens with zero attached hydrogens (tertiary/aromatic N) is 2. The van der Waals surface area contributed by atoms with Gasteiger partial charge in [0.1, 0.15) is 0 Å². The van der Waals surface area contributed by atoms with Crippen LogP contribution in [0.1, 0.15) is 44.3 Å². The molecule has 3 heteroatoms. The van der Waals surface area contributed by atoms with Gasteiger partial charge in [0.15, 0.2) is 0 Å². The van der Waals surface area contributed by atoms with Crippen molar-refractivity contribution in [3.8, 4) is 0 Å². The molecule has 1 N–H and O–H groups in total. The van der Waals surface area contributed by atoms with Crippen LogP contribution < -0.4 is 5.32 Å². The predicted octanol–water partition coefficient (Wildman–Crippen LogP) is 2.11. The van der Waals surface area contributed by atoms with Gasteiger partial charge >= 0.3 is 0 Å². The summed E-state index contributed by atoms with van der Waals surface area (Å²) in [7, 11) is 0. The van der Waals surface area contributed by atoms with E-state index in [1.54, 1.807) is 0 Å². The van der Waals surface area contributed by atoms with Gasteiger partial charge in [-0.2, -0.15) is 0 Å². The van der Waals surface area contributed by atoms with Crippen molar-refractivity contribution in [1.29, 1.82) is 0 Å². The molecule has 0 atom stereocenters. The maximum Gasteiger partial charge on any atom is 0.0951 e.